The van der Waals surface area contributed by atoms with E-state index in [9.17, 15) is 4.79 Å². The highest BCUT2D eigenvalue weighted by atomic mass is 16.1. The molecule has 0 aliphatic carbocycles. The fourth-order valence-electron chi connectivity index (χ4n) is 1.42. The number of nitrogens with zero attached hydrogens (tertiary/aromatic N) is 3. The molecule has 0 aliphatic heterocycles. The van der Waals surface area contributed by atoms with E-state index in [1.807, 2.05) is 6.07 Å². The average molecular weight is 211 g/mol. The predicted octanol–water partition coefficient (Wildman–Crippen LogP) is 1.16. The molecule has 0 atom stereocenters. The second-order valence-electron chi connectivity index (χ2n) is 3.33. The molecule has 4 heteroatoms. The molecule has 0 bridgehead atoms. The lowest BCUT2D eigenvalue weighted by molar-refractivity contribution is 0.639. The summed E-state index contributed by atoms with van der Waals surface area (Å²) in [6.07, 6.45) is 1.57. The molecule has 0 radical (unpaired) electrons. The lowest BCUT2D eigenvalue weighted by Gasteiger charge is -2.03. The first-order valence-electron chi connectivity index (χ1n) is 4.81. The maximum atomic E-state index is 11.4. The minimum Gasteiger partial charge on any atom is -0.268 e. The van der Waals surface area contributed by atoms with Crippen LogP contribution in [0, 0.1) is 11.3 Å². The lowest BCUT2D eigenvalue weighted by atomic mass is 10.1. The lowest BCUT2D eigenvalue weighted by Crippen LogP contribution is -2.21. The molecule has 0 fully saturated rings. The molecule has 0 spiro atoms. The van der Waals surface area contributed by atoms with Crippen LogP contribution < -0.4 is 5.56 Å². The second-order valence-corrected chi connectivity index (χ2v) is 3.33. The molecule has 1 heterocycles. The van der Waals surface area contributed by atoms with Crippen molar-refractivity contribution in [2.24, 2.45) is 0 Å². The summed E-state index contributed by atoms with van der Waals surface area (Å²) in [5, 5.41) is 12.7. The van der Waals surface area contributed by atoms with Crippen molar-refractivity contribution in [3.63, 3.8) is 0 Å². The maximum Gasteiger partial charge on any atom is 0.267 e. The molecule has 78 valence electrons. The summed E-state index contributed by atoms with van der Waals surface area (Å²) in [5.41, 5.74) is 1.33. The zero-order chi connectivity index (χ0) is 11.4. The summed E-state index contributed by atoms with van der Waals surface area (Å²) in [5.74, 6) is 0. The van der Waals surface area contributed by atoms with Gasteiger partial charge in [0, 0.05) is 12.3 Å². The molecule has 2 aromatic rings. The third-order valence-electron chi connectivity index (χ3n) is 2.17. The van der Waals surface area contributed by atoms with Gasteiger partial charge in [0.25, 0.3) is 5.56 Å². The van der Waals surface area contributed by atoms with E-state index >= 15 is 0 Å². The van der Waals surface area contributed by atoms with Crippen molar-refractivity contribution in [1.82, 2.24) is 9.78 Å². The van der Waals surface area contributed by atoms with Crippen LogP contribution in [-0.4, -0.2) is 9.78 Å². The first-order valence-corrected chi connectivity index (χ1v) is 4.81. The molecule has 4 nitrogen and oxygen atoms in total. The zero-order valence-electron chi connectivity index (χ0n) is 8.50. The Kier molecular flexibility index (Phi) is 2.79. The molecular formula is C12H9N3O. The Morgan fingerprint density at radius 3 is 2.94 bits per heavy atom. The van der Waals surface area contributed by atoms with E-state index in [1.54, 1.807) is 30.5 Å². The monoisotopic (exact) mass is 211 g/mol. The Morgan fingerprint density at radius 2 is 2.19 bits per heavy atom. The van der Waals surface area contributed by atoms with Crippen molar-refractivity contribution in [2.75, 3.05) is 0 Å². The van der Waals surface area contributed by atoms with Crippen LogP contribution in [0.1, 0.15) is 11.1 Å². The average Bonchev–Trinajstić information content (AvgIpc) is 2.32. The van der Waals surface area contributed by atoms with Crippen LogP contribution in [0.25, 0.3) is 0 Å². The number of hydrogen-bond donors (Lipinski definition) is 0. The van der Waals surface area contributed by atoms with Crippen molar-refractivity contribution in [2.45, 2.75) is 6.54 Å². The number of benzene rings is 1. The summed E-state index contributed by atoms with van der Waals surface area (Å²) in [6, 6.07) is 12.3. The summed E-state index contributed by atoms with van der Waals surface area (Å²) < 4.78 is 1.36. The molecule has 2 rings (SSSR count). The Morgan fingerprint density at radius 1 is 1.31 bits per heavy atom. The van der Waals surface area contributed by atoms with Gasteiger partial charge in [0.15, 0.2) is 0 Å². The molecule has 16 heavy (non-hydrogen) atoms. The highest BCUT2D eigenvalue weighted by Crippen LogP contribution is 2.04. The van der Waals surface area contributed by atoms with Crippen LogP contribution >= 0.6 is 0 Å². The van der Waals surface area contributed by atoms with Gasteiger partial charge in [-0.05, 0) is 23.8 Å². The summed E-state index contributed by atoms with van der Waals surface area (Å²) in [6.45, 7) is 0.384. The van der Waals surface area contributed by atoms with Crippen LogP contribution in [0.15, 0.2) is 47.4 Å². The van der Waals surface area contributed by atoms with Crippen molar-refractivity contribution in [3.05, 3.63) is 64.1 Å². The molecule has 1 aromatic carbocycles. The maximum absolute atomic E-state index is 11.4. The molecule has 0 aliphatic rings. The van der Waals surface area contributed by atoms with Gasteiger partial charge in [-0.1, -0.05) is 12.1 Å². The topological polar surface area (TPSA) is 58.7 Å². The predicted molar refractivity (Wildman–Crippen MR) is 58.8 cm³/mol. The van der Waals surface area contributed by atoms with E-state index < -0.39 is 0 Å². The van der Waals surface area contributed by atoms with E-state index in [4.69, 9.17) is 5.26 Å². The fourth-order valence-corrected chi connectivity index (χ4v) is 1.42. The quantitative estimate of drug-likeness (QED) is 0.749. The van der Waals surface area contributed by atoms with Crippen LogP contribution in [0.2, 0.25) is 0 Å². The molecular weight excluding hydrogens is 202 g/mol. The van der Waals surface area contributed by atoms with Crippen molar-refractivity contribution in [3.8, 4) is 6.07 Å². The van der Waals surface area contributed by atoms with E-state index in [1.165, 1.54) is 10.7 Å². The Labute approximate surface area is 92.4 Å². The van der Waals surface area contributed by atoms with Gasteiger partial charge in [-0.15, -0.1) is 0 Å². The number of rotatable bonds is 2. The first-order chi connectivity index (χ1) is 7.79. The molecule has 0 saturated heterocycles. The standard InChI is InChI=1S/C12H9N3O/c13-8-10-3-1-4-11(7-10)9-15-12(16)5-2-6-14-15/h1-7H,9H2. The highest BCUT2D eigenvalue weighted by Gasteiger charge is 1.99. The van der Waals surface area contributed by atoms with Crippen LogP contribution in [-0.2, 0) is 6.54 Å². The van der Waals surface area contributed by atoms with E-state index in [0.29, 0.717) is 12.1 Å². The van der Waals surface area contributed by atoms with Gasteiger partial charge in [-0.25, -0.2) is 4.68 Å². The van der Waals surface area contributed by atoms with Gasteiger partial charge in [-0.2, -0.15) is 10.4 Å². The molecule has 0 saturated carbocycles. The van der Waals surface area contributed by atoms with E-state index in [-0.39, 0.29) is 5.56 Å². The molecule has 0 N–H and O–H groups in total. The smallest absolute Gasteiger partial charge is 0.267 e. The van der Waals surface area contributed by atoms with Gasteiger partial charge >= 0.3 is 0 Å². The normalized spacial score (nSPS) is 9.69. The van der Waals surface area contributed by atoms with Crippen LogP contribution in [0.5, 0.6) is 0 Å². The minimum absolute atomic E-state index is 0.148. The minimum atomic E-state index is -0.148. The summed E-state index contributed by atoms with van der Waals surface area (Å²) in [4.78, 5) is 11.4. The molecule has 0 unspecified atom stereocenters. The van der Waals surface area contributed by atoms with Crippen molar-refractivity contribution < 1.29 is 0 Å². The third kappa shape index (κ3) is 2.15. The second kappa shape index (κ2) is 4.41. The number of aromatic nitrogens is 2. The van der Waals surface area contributed by atoms with Crippen molar-refractivity contribution in [1.29, 1.82) is 5.26 Å². The van der Waals surface area contributed by atoms with Crippen LogP contribution in [0.3, 0.4) is 0 Å². The van der Waals surface area contributed by atoms with E-state index in [2.05, 4.69) is 11.2 Å². The van der Waals surface area contributed by atoms with Gasteiger partial charge in [0.05, 0.1) is 18.2 Å². The summed E-state index contributed by atoms with van der Waals surface area (Å²) in [7, 11) is 0. The van der Waals surface area contributed by atoms with Gasteiger partial charge in [0.1, 0.15) is 0 Å². The zero-order valence-corrected chi connectivity index (χ0v) is 8.50. The summed E-state index contributed by atoms with van der Waals surface area (Å²) >= 11 is 0. The third-order valence-corrected chi connectivity index (χ3v) is 2.17. The first kappa shape index (κ1) is 10.1. The van der Waals surface area contributed by atoms with Crippen LogP contribution in [0.4, 0.5) is 0 Å². The molecule has 0 amide bonds. The fraction of sp³-hybridized carbons (Fsp3) is 0.0833. The largest absolute Gasteiger partial charge is 0.268 e. The SMILES string of the molecule is N#Cc1cccc(Cn2ncccc2=O)c1. The van der Waals surface area contributed by atoms with Crippen molar-refractivity contribution >= 4 is 0 Å². The Bertz CT molecular complexity index is 595. The Balaban J connectivity index is 2.32. The number of hydrogen-bond acceptors (Lipinski definition) is 3. The molecule has 1 aromatic heterocycles. The van der Waals surface area contributed by atoms with Gasteiger partial charge in [0.2, 0.25) is 0 Å². The highest BCUT2D eigenvalue weighted by molar-refractivity contribution is 5.32. The Hall–Kier alpha value is -2.41. The van der Waals surface area contributed by atoms with Gasteiger partial charge < -0.3 is 0 Å². The van der Waals surface area contributed by atoms with E-state index in [0.717, 1.165) is 5.56 Å². The van der Waals surface area contributed by atoms with Gasteiger partial charge in [-0.3, -0.25) is 4.79 Å². The number of nitriles is 1.